The van der Waals surface area contributed by atoms with Crippen LogP contribution in [0.2, 0.25) is 0 Å². The molecule has 0 aliphatic heterocycles. The SMILES string of the molecule is O=C(CC[C@H](NC(=O)OCC1c2ccccc2-c2ccccc21)C(=O)n1nnc2ccccc21)NC(c1ccccc1)(c1ccccc1)c1ccccc1. The van der Waals surface area contributed by atoms with E-state index in [0.29, 0.717) is 11.0 Å². The fourth-order valence-electron chi connectivity index (χ4n) is 7.55. The van der Waals surface area contributed by atoms with Gasteiger partial charge in [0.2, 0.25) is 5.91 Å². The Balaban J connectivity index is 1.06. The summed E-state index contributed by atoms with van der Waals surface area (Å²) >= 11 is 0. The molecule has 0 radical (unpaired) electrons. The molecule has 1 aromatic heterocycles. The summed E-state index contributed by atoms with van der Waals surface area (Å²) in [7, 11) is 0. The van der Waals surface area contributed by atoms with Gasteiger partial charge in [-0.1, -0.05) is 157 Å². The Labute approximate surface area is 312 Å². The van der Waals surface area contributed by atoms with Crippen molar-refractivity contribution in [3.05, 3.63) is 192 Å². The molecule has 54 heavy (non-hydrogen) atoms. The Morgan fingerprint density at radius 3 is 1.72 bits per heavy atom. The predicted molar refractivity (Wildman–Crippen MR) is 207 cm³/mol. The molecular formula is C45H37N5O4. The van der Waals surface area contributed by atoms with Crippen LogP contribution in [0.25, 0.3) is 22.2 Å². The van der Waals surface area contributed by atoms with Gasteiger partial charge in [-0.25, -0.2) is 4.79 Å². The fraction of sp³-hybridized carbons (Fsp3) is 0.133. The maximum atomic E-state index is 14.2. The van der Waals surface area contributed by atoms with Gasteiger partial charge in [0, 0.05) is 12.3 Å². The molecule has 1 atom stereocenters. The van der Waals surface area contributed by atoms with E-state index in [2.05, 4.69) is 33.1 Å². The molecule has 0 fully saturated rings. The maximum Gasteiger partial charge on any atom is 0.407 e. The summed E-state index contributed by atoms with van der Waals surface area (Å²) < 4.78 is 7.01. The van der Waals surface area contributed by atoms with Crippen LogP contribution in [0, 0.1) is 0 Å². The van der Waals surface area contributed by atoms with Crippen LogP contribution in [0.4, 0.5) is 4.79 Å². The molecular weight excluding hydrogens is 675 g/mol. The number of nitrogens with one attached hydrogen (secondary N) is 2. The van der Waals surface area contributed by atoms with Gasteiger partial charge in [0.1, 0.15) is 23.7 Å². The van der Waals surface area contributed by atoms with Crippen molar-refractivity contribution in [3.8, 4) is 11.1 Å². The summed E-state index contributed by atoms with van der Waals surface area (Å²) in [6.07, 6.45) is -0.898. The number of ether oxygens (including phenoxy) is 1. The lowest BCUT2D eigenvalue weighted by Crippen LogP contribution is -2.49. The third-order valence-corrected chi connectivity index (χ3v) is 10.1. The lowest BCUT2D eigenvalue weighted by Gasteiger charge is -2.37. The first-order valence-corrected chi connectivity index (χ1v) is 18.0. The van der Waals surface area contributed by atoms with Gasteiger partial charge in [-0.2, -0.15) is 4.68 Å². The van der Waals surface area contributed by atoms with Crippen molar-refractivity contribution >= 4 is 28.9 Å². The molecule has 6 aromatic carbocycles. The van der Waals surface area contributed by atoms with E-state index < -0.39 is 23.6 Å². The molecule has 9 nitrogen and oxygen atoms in total. The van der Waals surface area contributed by atoms with E-state index in [1.54, 1.807) is 24.3 Å². The number of carbonyl (C=O) groups excluding carboxylic acids is 3. The predicted octanol–water partition coefficient (Wildman–Crippen LogP) is 7.87. The highest BCUT2D eigenvalue weighted by Gasteiger charge is 2.38. The smallest absolute Gasteiger partial charge is 0.407 e. The van der Waals surface area contributed by atoms with Crippen molar-refractivity contribution in [2.24, 2.45) is 0 Å². The molecule has 0 saturated heterocycles. The summed E-state index contributed by atoms with van der Waals surface area (Å²) in [4.78, 5) is 42.0. The first kappa shape index (κ1) is 34.2. The quantitative estimate of drug-likeness (QED) is 0.132. The minimum atomic E-state index is -1.16. The first-order valence-electron chi connectivity index (χ1n) is 18.0. The second-order valence-corrected chi connectivity index (χ2v) is 13.3. The zero-order chi connectivity index (χ0) is 36.9. The average molecular weight is 712 g/mol. The van der Waals surface area contributed by atoms with Crippen molar-refractivity contribution in [3.63, 3.8) is 0 Å². The number of para-hydroxylation sites is 1. The van der Waals surface area contributed by atoms with Gasteiger partial charge >= 0.3 is 6.09 Å². The minimum absolute atomic E-state index is 0.0303. The molecule has 1 aliphatic carbocycles. The van der Waals surface area contributed by atoms with E-state index in [4.69, 9.17) is 4.74 Å². The summed E-state index contributed by atoms with van der Waals surface area (Å²) in [6, 6.07) is 51.5. The second kappa shape index (κ2) is 15.0. The minimum Gasteiger partial charge on any atom is -0.449 e. The number of hydrogen-bond donors (Lipinski definition) is 2. The molecule has 2 N–H and O–H groups in total. The van der Waals surface area contributed by atoms with Crippen molar-refractivity contribution in [1.82, 2.24) is 25.6 Å². The summed E-state index contributed by atoms with van der Waals surface area (Å²) in [6.45, 7) is 0.0707. The average Bonchev–Trinajstić information content (AvgIpc) is 3.81. The fourth-order valence-corrected chi connectivity index (χ4v) is 7.55. The molecule has 0 bridgehead atoms. The summed E-state index contributed by atoms with van der Waals surface area (Å²) in [5, 5.41) is 14.4. The van der Waals surface area contributed by atoms with Crippen molar-refractivity contribution in [1.29, 1.82) is 0 Å². The number of fused-ring (bicyclic) bond motifs is 4. The highest BCUT2D eigenvalue weighted by atomic mass is 16.5. The van der Waals surface area contributed by atoms with Crippen LogP contribution in [-0.4, -0.2) is 45.6 Å². The number of nitrogens with zero attached hydrogens (tertiary/aromatic N) is 3. The van der Waals surface area contributed by atoms with Crippen molar-refractivity contribution < 1.29 is 19.1 Å². The normalized spacial score (nSPS) is 12.7. The number of carbonyl (C=O) groups is 3. The van der Waals surface area contributed by atoms with Crippen LogP contribution >= 0.6 is 0 Å². The molecule has 2 amide bonds. The zero-order valence-corrected chi connectivity index (χ0v) is 29.3. The molecule has 8 rings (SSSR count). The summed E-state index contributed by atoms with van der Waals surface area (Å²) in [5.41, 5.74) is 6.95. The first-order chi connectivity index (χ1) is 26.5. The lowest BCUT2D eigenvalue weighted by molar-refractivity contribution is -0.122. The molecule has 1 heterocycles. The number of alkyl carbamates (subject to hydrolysis) is 1. The van der Waals surface area contributed by atoms with E-state index in [1.807, 2.05) is 127 Å². The van der Waals surface area contributed by atoms with Gasteiger partial charge in [0.25, 0.3) is 5.91 Å². The number of rotatable bonds is 11. The number of aromatic nitrogens is 3. The molecule has 0 saturated carbocycles. The standard InChI is InChI=1S/C45H37N5O4/c51-42(47-45(31-16-4-1-5-17-31,32-18-6-2-7-19-32)33-20-8-3-9-21-33)29-28-40(43(52)50-41-27-15-14-26-39(41)48-49-50)46-44(53)54-30-38-36-24-12-10-22-34(36)35-23-11-13-25-37(35)38/h1-27,38,40H,28-30H2,(H,46,53)(H,47,51)/t40-/m0/s1. The van der Waals surface area contributed by atoms with E-state index in [0.717, 1.165) is 38.9 Å². The Morgan fingerprint density at radius 2 is 1.15 bits per heavy atom. The number of amides is 2. The van der Waals surface area contributed by atoms with E-state index in [-0.39, 0.29) is 31.3 Å². The number of hydrogen-bond acceptors (Lipinski definition) is 6. The highest BCUT2D eigenvalue weighted by Crippen LogP contribution is 2.44. The largest absolute Gasteiger partial charge is 0.449 e. The van der Waals surface area contributed by atoms with Gasteiger partial charge in [-0.3, -0.25) is 9.59 Å². The molecule has 0 spiro atoms. The van der Waals surface area contributed by atoms with Crippen molar-refractivity contribution in [2.75, 3.05) is 6.61 Å². The van der Waals surface area contributed by atoms with Crippen LogP contribution in [0.5, 0.6) is 0 Å². The van der Waals surface area contributed by atoms with E-state index in [1.165, 1.54) is 4.68 Å². The van der Waals surface area contributed by atoms with Crippen molar-refractivity contribution in [2.45, 2.75) is 30.3 Å². The van der Waals surface area contributed by atoms with Crippen LogP contribution < -0.4 is 10.6 Å². The monoisotopic (exact) mass is 711 g/mol. The van der Waals surface area contributed by atoms with Crippen LogP contribution in [-0.2, 0) is 15.1 Å². The van der Waals surface area contributed by atoms with Gasteiger partial charge in [-0.05, 0) is 57.5 Å². The van der Waals surface area contributed by atoms with E-state index in [9.17, 15) is 14.4 Å². The Hall–Kier alpha value is -6.87. The molecule has 9 heteroatoms. The third kappa shape index (κ3) is 6.52. The third-order valence-electron chi connectivity index (χ3n) is 10.1. The second-order valence-electron chi connectivity index (χ2n) is 13.3. The molecule has 266 valence electrons. The van der Waals surface area contributed by atoms with E-state index >= 15 is 0 Å². The zero-order valence-electron chi connectivity index (χ0n) is 29.3. The Kier molecular flexibility index (Phi) is 9.51. The van der Waals surface area contributed by atoms with Crippen LogP contribution in [0.15, 0.2) is 164 Å². The summed E-state index contributed by atoms with van der Waals surface area (Å²) in [5.74, 6) is -1.02. The Morgan fingerprint density at radius 1 is 0.648 bits per heavy atom. The Bertz CT molecular complexity index is 2290. The van der Waals surface area contributed by atoms with Crippen LogP contribution in [0.3, 0.4) is 0 Å². The molecule has 1 aliphatic rings. The number of benzene rings is 6. The van der Waals surface area contributed by atoms with Gasteiger partial charge < -0.3 is 15.4 Å². The van der Waals surface area contributed by atoms with Crippen LogP contribution in [0.1, 0.15) is 51.4 Å². The molecule has 0 unspecified atom stereocenters. The highest BCUT2D eigenvalue weighted by molar-refractivity contribution is 5.94. The van der Waals surface area contributed by atoms with Gasteiger partial charge in [-0.15, -0.1) is 5.10 Å². The van der Waals surface area contributed by atoms with Gasteiger partial charge in [0.05, 0.1) is 5.52 Å². The lowest BCUT2D eigenvalue weighted by atomic mass is 9.77. The topological polar surface area (TPSA) is 115 Å². The maximum absolute atomic E-state index is 14.2. The molecule has 7 aromatic rings. The van der Waals surface area contributed by atoms with Gasteiger partial charge in [0.15, 0.2) is 0 Å².